The average Bonchev–Trinajstić information content (AvgIpc) is 2.67. The number of aromatic nitrogens is 1. The summed E-state index contributed by atoms with van der Waals surface area (Å²) in [6.07, 6.45) is 3.15. The highest BCUT2D eigenvalue weighted by Crippen LogP contribution is 2.23. The Morgan fingerprint density at radius 3 is 3.29 bits per heavy atom. The normalized spacial score (nSPS) is 21.1. The van der Waals surface area contributed by atoms with Crippen molar-refractivity contribution in [3.63, 3.8) is 0 Å². The van der Waals surface area contributed by atoms with Crippen molar-refractivity contribution in [2.75, 3.05) is 23.4 Å². The van der Waals surface area contributed by atoms with Crippen LogP contribution >= 0.6 is 27.7 Å². The highest BCUT2D eigenvalue weighted by molar-refractivity contribution is 9.10. The minimum Gasteiger partial charge on any atom is -0.370 e. The quantitative estimate of drug-likeness (QED) is 0.916. The topological polar surface area (TPSA) is 24.9 Å². The Labute approximate surface area is 97.0 Å². The van der Waals surface area contributed by atoms with E-state index in [0.717, 1.165) is 22.8 Å². The van der Waals surface area contributed by atoms with Crippen LogP contribution in [-0.4, -0.2) is 23.0 Å². The van der Waals surface area contributed by atoms with E-state index in [1.54, 1.807) is 0 Å². The number of nitrogens with one attached hydrogen (secondary N) is 1. The average molecular weight is 273 g/mol. The molecule has 1 aliphatic heterocycles. The lowest BCUT2D eigenvalue weighted by molar-refractivity contribution is 0.630. The summed E-state index contributed by atoms with van der Waals surface area (Å²) >= 11 is 5.48. The Morgan fingerprint density at radius 1 is 1.64 bits per heavy atom. The summed E-state index contributed by atoms with van der Waals surface area (Å²) in [5.41, 5.74) is 0. The maximum atomic E-state index is 4.25. The van der Waals surface area contributed by atoms with E-state index in [1.165, 1.54) is 17.9 Å². The molecular formula is C10H13BrN2S. The van der Waals surface area contributed by atoms with Gasteiger partial charge in [0.15, 0.2) is 0 Å². The molecule has 0 aliphatic carbocycles. The molecule has 2 nitrogen and oxygen atoms in total. The number of rotatable bonds is 3. The Bertz CT molecular complexity index is 300. The van der Waals surface area contributed by atoms with E-state index < -0.39 is 0 Å². The Morgan fingerprint density at radius 2 is 2.57 bits per heavy atom. The van der Waals surface area contributed by atoms with Gasteiger partial charge < -0.3 is 5.32 Å². The summed E-state index contributed by atoms with van der Waals surface area (Å²) < 4.78 is 1.08. The van der Waals surface area contributed by atoms with Gasteiger partial charge in [0.25, 0.3) is 0 Å². The number of thioether (sulfide) groups is 1. The van der Waals surface area contributed by atoms with Crippen LogP contribution in [0, 0.1) is 5.92 Å². The van der Waals surface area contributed by atoms with Crippen molar-refractivity contribution in [1.29, 1.82) is 0 Å². The number of hydrogen-bond acceptors (Lipinski definition) is 3. The van der Waals surface area contributed by atoms with Crippen LogP contribution < -0.4 is 5.32 Å². The van der Waals surface area contributed by atoms with Crippen molar-refractivity contribution in [2.24, 2.45) is 5.92 Å². The molecule has 1 atom stereocenters. The van der Waals surface area contributed by atoms with Gasteiger partial charge >= 0.3 is 0 Å². The zero-order valence-corrected chi connectivity index (χ0v) is 10.3. The molecule has 0 amide bonds. The van der Waals surface area contributed by atoms with E-state index in [4.69, 9.17) is 0 Å². The number of halogens is 1. The highest BCUT2D eigenvalue weighted by Gasteiger charge is 2.14. The third-order valence-corrected chi connectivity index (χ3v) is 4.04. The van der Waals surface area contributed by atoms with Crippen molar-refractivity contribution in [3.8, 4) is 0 Å². The second-order valence-electron chi connectivity index (χ2n) is 3.47. The van der Waals surface area contributed by atoms with Gasteiger partial charge in [-0.2, -0.15) is 11.8 Å². The van der Waals surface area contributed by atoms with Crippen LogP contribution in [0.2, 0.25) is 0 Å². The number of hydrogen-bond donors (Lipinski definition) is 1. The van der Waals surface area contributed by atoms with Crippen molar-refractivity contribution in [1.82, 2.24) is 4.98 Å². The van der Waals surface area contributed by atoms with Crippen molar-refractivity contribution < 1.29 is 0 Å². The fourth-order valence-corrected chi connectivity index (χ4v) is 3.11. The first-order valence-electron chi connectivity index (χ1n) is 4.78. The lowest BCUT2D eigenvalue weighted by Gasteiger charge is -2.10. The number of nitrogens with zero attached hydrogens (tertiary/aromatic N) is 1. The summed E-state index contributed by atoms with van der Waals surface area (Å²) in [4.78, 5) is 4.25. The van der Waals surface area contributed by atoms with Gasteiger partial charge in [0.2, 0.25) is 0 Å². The van der Waals surface area contributed by atoms with Crippen molar-refractivity contribution in [3.05, 3.63) is 22.8 Å². The molecule has 1 unspecified atom stereocenters. The van der Waals surface area contributed by atoms with Crippen LogP contribution in [0.4, 0.5) is 5.82 Å². The van der Waals surface area contributed by atoms with E-state index in [1.807, 2.05) is 18.3 Å². The van der Waals surface area contributed by atoms with Crippen LogP contribution in [0.25, 0.3) is 0 Å². The molecule has 76 valence electrons. The van der Waals surface area contributed by atoms with Gasteiger partial charge in [0.1, 0.15) is 5.82 Å². The first-order chi connectivity index (χ1) is 6.84. The van der Waals surface area contributed by atoms with Gasteiger partial charge in [0.05, 0.1) is 0 Å². The van der Waals surface area contributed by atoms with Crippen LogP contribution in [0.3, 0.4) is 0 Å². The molecule has 14 heavy (non-hydrogen) atoms. The van der Waals surface area contributed by atoms with Crippen LogP contribution in [-0.2, 0) is 0 Å². The minimum absolute atomic E-state index is 0.820. The molecule has 2 rings (SSSR count). The molecule has 2 heterocycles. The Hall–Kier alpha value is -0.220. The van der Waals surface area contributed by atoms with Crippen LogP contribution in [0.1, 0.15) is 6.42 Å². The Balaban J connectivity index is 1.85. The van der Waals surface area contributed by atoms with Gasteiger partial charge in [-0.1, -0.05) is 15.9 Å². The highest BCUT2D eigenvalue weighted by atomic mass is 79.9. The van der Waals surface area contributed by atoms with E-state index >= 15 is 0 Å². The van der Waals surface area contributed by atoms with Crippen LogP contribution in [0.15, 0.2) is 22.8 Å². The SMILES string of the molecule is Brc1ccnc(NCC2CCSC2)c1. The van der Waals surface area contributed by atoms with E-state index in [0.29, 0.717) is 0 Å². The predicted molar refractivity (Wildman–Crippen MR) is 65.9 cm³/mol. The first kappa shape index (κ1) is 10.3. The summed E-state index contributed by atoms with van der Waals surface area (Å²) in [5, 5.41) is 3.37. The molecule has 0 bridgehead atoms. The molecule has 1 aliphatic rings. The maximum absolute atomic E-state index is 4.25. The largest absolute Gasteiger partial charge is 0.370 e. The molecule has 0 saturated carbocycles. The van der Waals surface area contributed by atoms with Crippen molar-refractivity contribution >= 4 is 33.5 Å². The second-order valence-corrected chi connectivity index (χ2v) is 5.54. The van der Waals surface area contributed by atoms with E-state index in [2.05, 4.69) is 38.0 Å². The molecule has 1 fully saturated rings. The van der Waals surface area contributed by atoms with Gasteiger partial charge in [-0.3, -0.25) is 0 Å². The second kappa shape index (κ2) is 5.03. The fraction of sp³-hybridized carbons (Fsp3) is 0.500. The fourth-order valence-electron chi connectivity index (χ4n) is 1.49. The molecule has 1 aromatic heterocycles. The first-order valence-corrected chi connectivity index (χ1v) is 6.72. The zero-order valence-electron chi connectivity index (χ0n) is 7.87. The van der Waals surface area contributed by atoms with Crippen LogP contribution in [0.5, 0.6) is 0 Å². The standard InChI is InChI=1S/C10H13BrN2S/c11-9-1-3-12-10(5-9)13-6-8-2-4-14-7-8/h1,3,5,8H,2,4,6-7H2,(H,12,13). The minimum atomic E-state index is 0.820. The third-order valence-electron chi connectivity index (χ3n) is 2.32. The van der Waals surface area contributed by atoms with Gasteiger partial charge in [-0.05, 0) is 36.0 Å². The molecule has 1 N–H and O–H groups in total. The number of pyridine rings is 1. The lowest BCUT2D eigenvalue weighted by atomic mass is 10.1. The summed E-state index contributed by atoms with van der Waals surface area (Å²) in [5.74, 6) is 4.40. The molecule has 0 radical (unpaired) electrons. The maximum Gasteiger partial charge on any atom is 0.127 e. The Kier molecular flexibility index (Phi) is 3.70. The molecule has 0 aromatic carbocycles. The van der Waals surface area contributed by atoms with Gasteiger partial charge in [-0.15, -0.1) is 0 Å². The zero-order chi connectivity index (χ0) is 9.80. The van der Waals surface area contributed by atoms with Crippen molar-refractivity contribution in [2.45, 2.75) is 6.42 Å². The molecular weight excluding hydrogens is 260 g/mol. The van der Waals surface area contributed by atoms with E-state index in [9.17, 15) is 0 Å². The smallest absolute Gasteiger partial charge is 0.127 e. The summed E-state index contributed by atoms with van der Waals surface area (Å²) in [7, 11) is 0. The van der Waals surface area contributed by atoms with E-state index in [-0.39, 0.29) is 0 Å². The summed E-state index contributed by atoms with van der Waals surface area (Å²) in [6, 6.07) is 3.96. The van der Waals surface area contributed by atoms with Gasteiger partial charge in [0, 0.05) is 17.2 Å². The molecule has 1 aromatic rings. The monoisotopic (exact) mass is 272 g/mol. The number of anilines is 1. The molecule has 4 heteroatoms. The lowest BCUT2D eigenvalue weighted by Crippen LogP contribution is -2.14. The summed E-state index contributed by atoms with van der Waals surface area (Å²) in [6.45, 7) is 1.05. The van der Waals surface area contributed by atoms with Gasteiger partial charge in [-0.25, -0.2) is 4.98 Å². The molecule has 0 spiro atoms. The molecule has 1 saturated heterocycles. The third kappa shape index (κ3) is 2.89. The predicted octanol–water partition coefficient (Wildman–Crippen LogP) is 3.01.